The SMILES string of the molecule is Cc1ccccc1CNc1c(Cl)c(C)nc2cc(F)c(-c3ccc(P(C)C)nc3)cc12. The van der Waals surface area contributed by atoms with Crippen molar-refractivity contribution in [1.82, 2.24) is 9.97 Å². The summed E-state index contributed by atoms with van der Waals surface area (Å²) in [6.07, 6.45) is 1.74. The molecule has 0 saturated carbocycles. The van der Waals surface area contributed by atoms with Crippen molar-refractivity contribution in [3.63, 3.8) is 0 Å². The zero-order valence-corrected chi connectivity index (χ0v) is 19.7. The second-order valence-corrected chi connectivity index (χ2v) is 10.4. The van der Waals surface area contributed by atoms with Gasteiger partial charge in [0, 0.05) is 35.3 Å². The van der Waals surface area contributed by atoms with Crippen LogP contribution in [0, 0.1) is 19.7 Å². The number of pyridine rings is 2. The Morgan fingerprint density at radius 2 is 1.84 bits per heavy atom. The molecule has 158 valence electrons. The summed E-state index contributed by atoms with van der Waals surface area (Å²) in [7, 11) is -0.298. The highest BCUT2D eigenvalue weighted by molar-refractivity contribution is 7.63. The van der Waals surface area contributed by atoms with Crippen molar-refractivity contribution in [3.8, 4) is 11.1 Å². The minimum atomic E-state index is -0.323. The highest BCUT2D eigenvalue weighted by atomic mass is 35.5. The Kier molecular flexibility index (Phi) is 6.22. The summed E-state index contributed by atoms with van der Waals surface area (Å²) in [5.74, 6) is -0.323. The molecular weight excluding hydrogens is 428 g/mol. The fourth-order valence-electron chi connectivity index (χ4n) is 3.58. The van der Waals surface area contributed by atoms with Crippen molar-refractivity contribution < 1.29 is 4.39 Å². The molecule has 0 saturated heterocycles. The molecule has 0 spiro atoms. The maximum atomic E-state index is 15.0. The van der Waals surface area contributed by atoms with E-state index in [1.165, 1.54) is 17.2 Å². The Morgan fingerprint density at radius 3 is 2.52 bits per heavy atom. The standard InChI is InChI=1S/C25H24ClFN3P/c1-15-7-5-6-8-17(15)13-29-25-20-11-19(18-9-10-23(28-14-18)31(3)4)21(27)12-22(20)30-16(2)24(25)26/h5-12,14H,13H2,1-4H3,(H,29,30). The number of fused-ring (bicyclic) bond motifs is 1. The molecule has 3 nitrogen and oxygen atoms in total. The van der Waals surface area contributed by atoms with E-state index in [2.05, 4.69) is 47.7 Å². The summed E-state index contributed by atoms with van der Waals surface area (Å²) in [5.41, 5.74) is 6.66. The third-order valence-electron chi connectivity index (χ3n) is 5.41. The molecule has 2 heterocycles. The normalized spacial score (nSPS) is 11.3. The van der Waals surface area contributed by atoms with Gasteiger partial charge in [-0.2, -0.15) is 0 Å². The lowest BCUT2D eigenvalue weighted by Crippen LogP contribution is -2.05. The summed E-state index contributed by atoms with van der Waals surface area (Å²) >= 11 is 6.64. The van der Waals surface area contributed by atoms with Crippen LogP contribution in [0.1, 0.15) is 16.8 Å². The Hall–Kier alpha value is -2.55. The topological polar surface area (TPSA) is 37.8 Å². The van der Waals surface area contributed by atoms with E-state index in [9.17, 15) is 0 Å². The predicted octanol–water partition coefficient (Wildman–Crippen LogP) is 6.69. The number of nitrogens with one attached hydrogen (secondary N) is 1. The number of hydrogen-bond donors (Lipinski definition) is 1. The molecule has 0 radical (unpaired) electrons. The van der Waals surface area contributed by atoms with Crippen LogP contribution in [0.25, 0.3) is 22.0 Å². The molecule has 0 bridgehead atoms. The second-order valence-electron chi connectivity index (χ2n) is 7.81. The molecule has 4 rings (SSSR count). The molecule has 1 N–H and O–H groups in total. The van der Waals surface area contributed by atoms with Crippen LogP contribution in [0.15, 0.2) is 54.7 Å². The maximum Gasteiger partial charge on any atom is 0.133 e. The first kappa shape index (κ1) is 21.7. The summed E-state index contributed by atoms with van der Waals surface area (Å²) in [4.78, 5) is 9.04. The molecule has 0 aliphatic heterocycles. The van der Waals surface area contributed by atoms with Crippen molar-refractivity contribution in [2.75, 3.05) is 18.6 Å². The third kappa shape index (κ3) is 4.42. The van der Waals surface area contributed by atoms with Crippen molar-refractivity contribution in [2.24, 2.45) is 0 Å². The lowest BCUT2D eigenvalue weighted by atomic mass is 10.0. The van der Waals surface area contributed by atoms with E-state index < -0.39 is 0 Å². The summed E-state index contributed by atoms with van der Waals surface area (Å²) in [6, 6.07) is 15.4. The lowest BCUT2D eigenvalue weighted by molar-refractivity contribution is 0.632. The molecule has 0 unspecified atom stereocenters. The van der Waals surface area contributed by atoms with Gasteiger partial charge < -0.3 is 5.32 Å². The Labute approximate surface area is 188 Å². The minimum absolute atomic E-state index is 0.298. The van der Waals surface area contributed by atoms with E-state index in [4.69, 9.17) is 11.6 Å². The molecule has 0 amide bonds. The van der Waals surface area contributed by atoms with Crippen LogP contribution in [0.2, 0.25) is 5.02 Å². The van der Waals surface area contributed by atoms with Gasteiger partial charge >= 0.3 is 0 Å². The van der Waals surface area contributed by atoms with Crippen LogP contribution >= 0.6 is 19.5 Å². The van der Waals surface area contributed by atoms with E-state index in [0.29, 0.717) is 28.3 Å². The molecule has 0 fully saturated rings. The Morgan fingerprint density at radius 1 is 1.06 bits per heavy atom. The maximum absolute atomic E-state index is 15.0. The highest BCUT2D eigenvalue weighted by Gasteiger charge is 2.16. The van der Waals surface area contributed by atoms with Crippen LogP contribution in [-0.2, 0) is 6.54 Å². The van der Waals surface area contributed by atoms with Gasteiger partial charge in [-0.3, -0.25) is 9.97 Å². The molecule has 2 aromatic carbocycles. The monoisotopic (exact) mass is 451 g/mol. The number of benzene rings is 2. The van der Waals surface area contributed by atoms with Crippen LogP contribution < -0.4 is 10.8 Å². The summed E-state index contributed by atoms with van der Waals surface area (Å²) < 4.78 is 15.0. The smallest absolute Gasteiger partial charge is 0.133 e. The van der Waals surface area contributed by atoms with Crippen LogP contribution in [0.3, 0.4) is 0 Å². The summed E-state index contributed by atoms with van der Waals surface area (Å²) in [5, 5.41) is 4.81. The number of rotatable bonds is 5. The van der Waals surface area contributed by atoms with Crippen molar-refractivity contribution in [3.05, 3.63) is 82.4 Å². The Bertz CT molecular complexity index is 1260. The zero-order chi connectivity index (χ0) is 22.1. The van der Waals surface area contributed by atoms with Gasteiger partial charge in [-0.1, -0.05) is 49.9 Å². The van der Waals surface area contributed by atoms with Gasteiger partial charge in [-0.15, -0.1) is 0 Å². The molecule has 2 aromatic heterocycles. The summed E-state index contributed by atoms with van der Waals surface area (Å²) in [6.45, 7) is 8.83. The van der Waals surface area contributed by atoms with Crippen LogP contribution in [0.4, 0.5) is 10.1 Å². The molecule has 31 heavy (non-hydrogen) atoms. The minimum Gasteiger partial charge on any atom is -0.379 e. The first-order chi connectivity index (χ1) is 14.8. The number of anilines is 1. The van der Waals surface area contributed by atoms with Crippen molar-refractivity contribution in [1.29, 1.82) is 0 Å². The van der Waals surface area contributed by atoms with Crippen LogP contribution in [-0.4, -0.2) is 23.3 Å². The lowest BCUT2D eigenvalue weighted by Gasteiger charge is -2.16. The average molecular weight is 452 g/mol. The van der Waals surface area contributed by atoms with E-state index in [-0.39, 0.29) is 13.7 Å². The number of aromatic nitrogens is 2. The van der Waals surface area contributed by atoms with Crippen molar-refractivity contribution >= 4 is 41.5 Å². The van der Waals surface area contributed by atoms with E-state index in [0.717, 1.165) is 22.1 Å². The van der Waals surface area contributed by atoms with Gasteiger partial charge in [0.15, 0.2) is 0 Å². The molecule has 6 heteroatoms. The highest BCUT2D eigenvalue weighted by Crippen LogP contribution is 2.36. The first-order valence-corrected chi connectivity index (χ1v) is 12.7. The van der Waals surface area contributed by atoms with Gasteiger partial charge in [0.1, 0.15) is 5.82 Å². The second kappa shape index (κ2) is 8.90. The molecule has 4 aromatic rings. The van der Waals surface area contributed by atoms with Gasteiger partial charge in [0.2, 0.25) is 0 Å². The fraction of sp³-hybridized carbons (Fsp3) is 0.200. The quantitative estimate of drug-likeness (QED) is 0.344. The van der Waals surface area contributed by atoms with E-state index in [1.807, 2.05) is 37.3 Å². The molecular formula is C25H24ClFN3P. The molecule has 0 atom stereocenters. The van der Waals surface area contributed by atoms with Crippen molar-refractivity contribution in [2.45, 2.75) is 20.4 Å². The fourth-order valence-corrected chi connectivity index (χ4v) is 4.45. The number of aryl methyl sites for hydroxylation is 2. The number of nitrogens with zero attached hydrogens (tertiary/aromatic N) is 2. The average Bonchev–Trinajstić information content (AvgIpc) is 2.75. The van der Waals surface area contributed by atoms with Gasteiger partial charge in [0.25, 0.3) is 0 Å². The van der Waals surface area contributed by atoms with Crippen LogP contribution in [0.5, 0.6) is 0 Å². The zero-order valence-electron chi connectivity index (χ0n) is 18.0. The number of halogens is 2. The Balaban J connectivity index is 1.80. The van der Waals surface area contributed by atoms with E-state index >= 15 is 4.39 Å². The van der Waals surface area contributed by atoms with Gasteiger partial charge in [-0.25, -0.2) is 4.39 Å². The largest absolute Gasteiger partial charge is 0.379 e. The molecule has 0 aliphatic carbocycles. The first-order valence-electron chi connectivity index (χ1n) is 10.1. The third-order valence-corrected chi connectivity index (χ3v) is 7.06. The predicted molar refractivity (Wildman–Crippen MR) is 132 cm³/mol. The van der Waals surface area contributed by atoms with E-state index in [1.54, 1.807) is 6.20 Å². The van der Waals surface area contributed by atoms with Gasteiger partial charge in [0.05, 0.1) is 27.4 Å². The number of hydrogen-bond acceptors (Lipinski definition) is 3. The van der Waals surface area contributed by atoms with Gasteiger partial charge in [-0.05, 0) is 50.4 Å². The molecule has 0 aliphatic rings.